The van der Waals surface area contributed by atoms with Crippen LogP contribution >= 0.6 is 0 Å². The number of para-hydroxylation sites is 1. The van der Waals surface area contributed by atoms with Crippen LogP contribution in [0.3, 0.4) is 0 Å². The zero-order chi connectivity index (χ0) is 12.4. The summed E-state index contributed by atoms with van der Waals surface area (Å²) in [5.74, 6) is 0.963. The second-order valence-electron chi connectivity index (χ2n) is 4.95. The number of anilines is 2. The molecule has 92 valence electrons. The Labute approximate surface area is 108 Å². The van der Waals surface area contributed by atoms with Crippen LogP contribution in [0.15, 0.2) is 36.4 Å². The highest BCUT2D eigenvalue weighted by atomic mass is 15.0. The molecule has 0 radical (unpaired) electrons. The van der Waals surface area contributed by atoms with Gasteiger partial charge in [-0.05, 0) is 55.9 Å². The van der Waals surface area contributed by atoms with E-state index in [1.54, 1.807) is 0 Å². The molecule has 2 nitrogen and oxygen atoms in total. The van der Waals surface area contributed by atoms with Gasteiger partial charge in [0.05, 0.1) is 0 Å². The summed E-state index contributed by atoms with van der Waals surface area (Å²) >= 11 is 0. The lowest BCUT2D eigenvalue weighted by atomic mass is 9.96. The van der Waals surface area contributed by atoms with Gasteiger partial charge in [-0.2, -0.15) is 0 Å². The van der Waals surface area contributed by atoms with Crippen LogP contribution in [0, 0.1) is 6.92 Å². The highest BCUT2D eigenvalue weighted by molar-refractivity contribution is 5.60. The first-order valence-electron chi connectivity index (χ1n) is 6.64. The number of fused-ring (bicyclic) bond motifs is 1. The molecule has 0 atom stereocenters. The molecule has 1 aliphatic carbocycles. The molecular weight excluding hydrogens is 220 g/mol. The summed E-state index contributed by atoms with van der Waals surface area (Å²) in [7, 11) is 0. The molecule has 2 aromatic rings. The smallest absolute Gasteiger partial charge is 0.130 e. The molecule has 0 aliphatic heterocycles. The Hall–Kier alpha value is -1.83. The largest absolute Gasteiger partial charge is 0.340 e. The van der Waals surface area contributed by atoms with E-state index in [4.69, 9.17) is 4.98 Å². The standard InChI is InChI=1S/C16H18N2/c1-12-6-2-4-8-14(12)17-16-11-10-13-7-3-5-9-15(13)18-16/h2,4,6,8,10-11H,3,5,7,9H2,1H3,(H,17,18). The Bertz CT molecular complexity index is 561. The molecule has 3 rings (SSSR count). The molecule has 0 spiro atoms. The summed E-state index contributed by atoms with van der Waals surface area (Å²) in [6.07, 6.45) is 4.89. The number of hydrogen-bond acceptors (Lipinski definition) is 2. The lowest BCUT2D eigenvalue weighted by Crippen LogP contribution is -2.07. The molecule has 1 heterocycles. The number of hydrogen-bond donors (Lipinski definition) is 1. The van der Waals surface area contributed by atoms with Crippen molar-refractivity contribution in [1.29, 1.82) is 0 Å². The Morgan fingerprint density at radius 1 is 1.00 bits per heavy atom. The third kappa shape index (κ3) is 2.23. The van der Waals surface area contributed by atoms with Gasteiger partial charge in [-0.1, -0.05) is 24.3 Å². The van der Waals surface area contributed by atoms with Crippen molar-refractivity contribution in [3.05, 3.63) is 53.2 Å². The van der Waals surface area contributed by atoms with Gasteiger partial charge in [0.1, 0.15) is 5.82 Å². The summed E-state index contributed by atoms with van der Waals surface area (Å²) in [6.45, 7) is 2.11. The van der Waals surface area contributed by atoms with Crippen LogP contribution in [0.4, 0.5) is 11.5 Å². The van der Waals surface area contributed by atoms with Crippen LogP contribution in [-0.2, 0) is 12.8 Å². The van der Waals surface area contributed by atoms with Gasteiger partial charge in [0.25, 0.3) is 0 Å². The zero-order valence-corrected chi connectivity index (χ0v) is 10.7. The minimum Gasteiger partial charge on any atom is -0.340 e. The van der Waals surface area contributed by atoms with E-state index in [-0.39, 0.29) is 0 Å². The number of nitrogens with zero attached hydrogens (tertiary/aromatic N) is 1. The highest BCUT2D eigenvalue weighted by Gasteiger charge is 2.11. The molecule has 1 aromatic heterocycles. The van der Waals surface area contributed by atoms with Crippen LogP contribution in [0.2, 0.25) is 0 Å². The van der Waals surface area contributed by atoms with Crippen LogP contribution in [-0.4, -0.2) is 4.98 Å². The monoisotopic (exact) mass is 238 g/mol. The molecule has 0 unspecified atom stereocenters. The number of pyridine rings is 1. The molecule has 1 aliphatic rings. The molecule has 0 saturated carbocycles. The van der Waals surface area contributed by atoms with E-state index in [1.807, 2.05) is 6.07 Å². The fourth-order valence-corrected chi connectivity index (χ4v) is 2.50. The van der Waals surface area contributed by atoms with Gasteiger partial charge in [0.2, 0.25) is 0 Å². The van der Waals surface area contributed by atoms with E-state index in [9.17, 15) is 0 Å². The van der Waals surface area contributed by atoms with Crippen molar-refractivity contribution in [1.82, 2.24) is 4.98 Å². The van der Waals surface area contributed by atoms with Crippen LogP contribution in [0.25, 0.3) is 0 Å². The fraction of sp³-hybridized carbons (Fsp3) is 0.312. The minimum atomic E-state index is 0.963. The van der Waals surface area contributed by atoms with E-state index in [0.717, 1.165) is 17.9 Å². The maximum atomic E-state index is 4.74. The summed E-state index contributed by atoms with van der Waals surface area (Å²) in [4.78, 5) is 4.74. The lowest BCUT2D eigenvalue weighted by molar-refractivity contribution is 0.669. The van der Waals surface area contributed by atoms with Crippen molar-refractivity contribution in [2.24, 2.45) is 0 Å². The predicted molar refractivity (Wildman–Crippen MR) is 75.3 cm³/mol. The average molecular weight is 238 g/mol. The van der Waals surface area contributed by atoms with E-state index < -0.39 is 0 Å². The summed E-state index contributed by atoms with van der Waals surface area (Å²) in [5, 5.41) is 3.41. The van der Waals surface area contributed by atoms with E-state index in [1.165, 1.54) is 36.1 Å². The van der Waals surface area contributed by atoms with Gasteiger partial charge in [0, 0.05) is 11.4 Å². The second-order valence-corrected chi connectivity index (χ2v) is 4.95. The van der Waals surface area contributed by atoms with Gasteiger partial charge in [0.15, 0.2) is 0 Å². The maximum Gasteiger partial charge on any atom is 0.130 e. The Morgan fingerprint density at radius 3 is 2.72 bits per heavy atom. The van der Waals surface area contributed by atoms with Gasteiger partial charge >= 0.3 is 0 Å². The second kappa shape index (κ2) is 4.81. The molecule has 0 fully saturated rings. The Morgan fingerprint density at radius 2 is 1.83 bits per heavy atom. The SMILES string of the molecule is Cc1ccccc1Nc1ccc2c(n1)CCCC2. The summed E-state index contributed by atoms with van der Waals surface area (Å²) < 4.78 is 0. The lowest BCUT2D eigenvalue weighted by Gasteiger charge is -2.16. The van der Waals surface area contributed by atoms with Crippen LogP contribution in [0.5, 0.6) is 0 Å². The quantitative estimate of drug-likeness (QED) is 0.855. The number of aromatic nitrogens is 1. The Balaban J connectivity index is 1.87. The molecule has 1 N–H and O–H groups in total. The number of rotatable bonds is 2. The number of benzene rings is 1. The highest BCUT2D eigenvalue weighted by Crippen LogP contribution is 2.23. The van der Waals surface area contributed by atoms with Crippen molar-refractivity contribution >= 4 is 11.5 Å². The van der Waals surface area contributed by atoms with E-state index in [2.05, 4.69) is 42.6 Å². The molecule has 1 aromatic carbocycles. The molecule has 0 saturated heterocycles. The van der Waals surface area contributed by atoms with Crippen LogP contribution < -0.4 is 5.32 Å². The molecule has 2 heteroatoms. The summed E-state index contributed by atoms with van der Waals surface area (Å²) in [6, 6.07) is 12.6. The normalized spacial score (nSPS) is 14.1. The fourth-order valence-electron chi connectivity index (χ4n) is 2.50. The van der Waals surface area contributed by atoms with Gasteiger partial charge in [-0.15, -0.1) is 0 Å². The average Bonchev–Trinajstić information content (AvgIpc) is 2.41. The van der Waals surface area contributed by atoms with Crippen molar-refractivity contribution in [3.63, 3.8) is 0 Å². The maximum absolute atomic E-state index is 4.74. The first kappa shape index (κ1) is 11.3. The third-order valence-electron chi connectivity index (χ3n) is 3.59. The predicted octanol–water partition coefficient (Wildman–Crippen LogP) is 4.01. The Kier molecular flexibility index (Phi) is 3.01. The number of aryl methyl sites for hydroxylation is 3. The minimum absolute atomic E-state index is 0.963. The molecule has 18 heavy (non-hydrogen) atoms. The third-order valence-corrected chi connectivity index (χ3v) is 3.59. The molecular formula is C16H18N2. The number of nitrogens with one attached hydrogen (secondary N) is 1. The topological polar surface area (TPSA) is 24.9 Å². The van der Waals surface area contributed by atoms with Crippen molar-refractivity contribution in [2.75, 3.05) is 5.32 Å². The van der Waals surface area contributed by atoms with Gasteiger partial charge < -0.3 is 5.32 Å². The van der Waals surface area contributed by atoms with Crippen LogP contribution in [0.1, 0.15) is 29.7 Å². The van der Waals surface area contributed by atoms with Crippen molar-refractivity contribution in [3.8, 4) is 0 Å². The van der Waals surface area contributed by atoms with Crippen molar-refractivity contribution < 1.29 is 0 Å². The molecule has 0 amide bonds. The van der Waals surface area contributed by atoms with E-state index in [0.29, 0.717) is 0 Å². The summed E-state index contributed by atoms with van der Waals surface area (Å²) in [5.41, 5.74) is 5.09. The van der Waals surface area contributed by atoms with Gasteiger partial charge in [-0.25, -0.2) is 4.98 Å². The van der Waals surface area contributed by atoms with Gasteiger partial charge in [-0.3, -0.25) is 0 Å². The zero-order valence-electron chi connectivity index (χ0n) is 10.7. The van der Waals surface area contributed by atoms with E-state index >= 15 is 0 Å². The first-order valence-corrected chi connectivity index (χ1v) is 6.64. The molecule has 0 bridgehead atoms. The first-order chi connectivity index (χ1) is 8.83. The van der Waals surface area contributed by atoms with Crippen molar-refractivity contribution in [2.45, 2.75) is 32.6 Å².